The maximum Gasteiger partial charge on any atom is 0.224 e. The summed E-state index contributed by atoms with van der Waals surface area (Å²) in [5.74, 6) is 0.816. The minimum absolute atomic E-state index is 0.0559. The van der Waals surface area contributed by atoms with Crippen molar-refractivity contribution in [3.63, 3.8) is 0 Å². The van der Waals surface area contributed by atoms with Crippen molar-refractivity contribution >= 4 is 34.3 Å². The Morgan fingerprint density at radius 3 is 2.56 bits per heavy atom. The molecule has 6 heteroatoms. The summed E-state index contributed by atoms with van der Waals surface area (Å²) in [6.45, 7) is 3.91. The van der Waals surface area contributed by atoms with Gasteiger partial charge >= 0.3 is 0 Å². The first-order chi connectivity index (χ1) is 13.0. The molecule has 0 aliphatic carbocycles. The number of nitrogens with one attached hydrogen (secondary N) is 1. The Kier molecular flexibility index (Phi) is 5.91. The van der Waals surface area contributed by atoms with E-state index in [1.165, 1.54) is 0 Å². The summed E-state index contributed by atoms with van der Waals surface area (Å²) in [5.41, 5.74) is 2.70. The number of benzene rings is 2. The van der Waals surface area contributed by atoms with E-state index in [4.69, 9.17) is 11.6 Å². The van der Waals surface area contributed by atoms with Crippen LogP contribution in [0.5, 0.6) is 0 Å². The van der Waals surface area contributed by atoms with Crippen molar-refractivity contribution < 1.29 is 9.59 Å². The number of carbonyl (C=O) groups excluding carboxylic acids is 2. The van der Waals surface area contributed by atoms with Crippen LogP contribution in [-0.2, 0) is 22.4 Å². The van der Waals surface area contributed by atoms with E-state index < -0.39 is 0 Å². The van der Waals surface area contributed by atoms with Crippen LogP contribution in [0.1, 0.15) is 31.3 Å². The predicted molar refractivity (Wildman–Crippen MR) is 107 cm³/mol. The molecule has 0 saturated heterocycles. The fourth-order valence-corrected chi connectivity index (χ4v) is 3.17. The molecule has 140 valence electrons. The summed E-state index contributed by atoms with van der Waals surface area (Å²) < 4.78 is 1.96. The van der Waals surface area contributed by atoms with Gasteiger partial charge in [0.25, 0.3) is 0 Å². The summed E-state index contributed by atoms with van der Waals surface area (Å²) in [6.07, 6.45) is 0.857. The Balaban J connectivity index is 1.67. The highest BCUT2D eigenvalue weighted by molar-refractivity contribution is 6.30. The van der Waals surface area contributed by atoms with Crippen LogP contribution in [-0.4, -0.2) is 27.8 Å². The third-order valence-corrected chi connectivity index (χ3v) is 4.85. The molecule has 1 atom stereocenters. The zero-order valence-corrected chi connectivity index (χ0v) is 16.2. The average molecular weight is 384 g/mol. The smallest absolute Gasteiger partial charge is 0.224 e. The van der Waals surface area contributed by atoms with Gasteiger partial charge in [0, 0.05) is 18.0 Å². The van der Waals surface area contributed by atoms with E-state index in [0.29, 0.717) is 24.4 Å². The molecule has 0 saturated carbocycles. The second kappa shape index (κ2) is 8.35. The van der Waals surface area contributed by atoms with E-state index in [-0.39, 0.29) is 17.7 Å². The molecule has 0 aliphatic heterocycles. The van der Waals surface area contributed by atoms with Crippen molar-refractivity contribution in [2.75, 3.05) is 6.54 Å². The molecule has 3 aromatic rings. The van der Waals surface area contributed by atoms with Gasteiger partial charge in [0.15, 0.2) is 5.78 Å². The molecule has 0 spiro atoms. The first kappa shape index (κ1) is 19.1. The number of aromatic nitrogens is 2. The van der Waals surface area contributed by atoms with Crippen molar-refractivity contribution in [2.45, 2.75) is 32.7 Å². The summed E-state index contributed by atoms with van der Waals surface area (Å²) in [6, 6.07) is 14.7. The molecule has 27 heavy (non-hydrogen) atoms. The van der Waals surface area contributed by atoms with Gasteiger partial charge in [-0.15, -0.1) is 0 Å². The predicted octanol–water partition coefficient (Wildman–Crippen LogP) is 3.74. The van der Waals surface area contributed by atoms with Crippen LogP contribution >= 0.6 is 11.6 Å². The normalized spacial score (nSPS) is 12.1. The molecule has 0 radical (unpaired) electrons. The van der Waals surface area contributed by atoms with E-state index in [1.807, 2.05) is 47.9 Å². The van der Waals surface area contributed by atoms with Crippen LogP contribution in [0.3, 0.4) is 0 Å². The van der Waals surface area contributed by atoms with Crippen molar-refractivity contribution in [2.24, 2.45) is 0 Å². The summed E-state index contributed by atoms with van der Waals surface area (Å²) in [4.78, 5) is 28.7. The molecule has 1 aromatic heterocycles. The summed E-state index contributed by atoms with van der Waals surface area (Å²) in [7, 11) is 0. The topological polar surface area (TPSA) is 64.0 Å². The molecular weight excluding hydrogens is 362 g/mol. The SMILES string of the molecule is CC(=O)C(C)n1c(CCNC(=O)Cc2ccc(Cl)cc2)nc2ccccc21. The van der Waals surface area contributed by atoms with E-state index in [0.717, 1.165) is 22.4 Å². The standard InChI is InChI=1S/C21H22ClN3O2/c1-14(15(2)26)25-19-6-4-3-5-18(19)24-20(25)11-12-23-21(27)13-16-7-9-17(22)10-8-16/h3-10,14H,11-13H2,1-2H3,(H,23,27). The lowest BCUT2D eigenvalue weighted by atomic mass is 10.1. The minimum Gasteiger partial charge on any atom is -0.355 e. The molecule has 3 rings (SSSR count). The van der Waals surface area contributed by atoms with Crippen molar-refractivity contribution in [3.05, 3.63) is 64.9 Å². The quantitative estimate of drug-likeness (QED) is 0.676. The highest BCUT2D eigenvalue weighted by atomic mass is 35.5. The van der Waals surface area contributed by atoms with E-state index in [1.54, 1.807) is 19.1 Å². The van der Waals surface area contributed by atoms with Crippen molar-refractivity contribution in [3.8, 4) is 0 Å². The van der Waals surface area contributed by atoms with Crippen LogP contribution in [0.15, 0.2) is 48.5 Å². The van der Waals surface area contributed by atoms with Gasteiger partial charge in [-0.3, -0.25) is 9.59 Å². The number of carbonyl (C=O) groups is 2. The molecule has 1 unspecified atom stereocenters. The molecule has 0 aliphatic rings. The van der Waals surface area contributed by atoms with Crippen LogP contribution in [0, 0.1) is 0 Å². The first-order valence-corrected chi connectivity index (χ1v) is 9.31. The van der Waals surface area contributed by atoms with E-state index >= 15 is 0 Å². The molecule has 2 aromatic carbocycles. The number of imidazole rings is 1. The van der Waals surface area contributed by atoms with E-state index in [9.17, 15) is 9.59 Å². The molecule has 1 amide bonds. The lowest BCUT2D eigenvalue weighted by Crippen LogP contribution is -2.28. The highest BCUT2D eigenvalue weighted by Crippen LogP contribution is 2.22. The molecular formula is C21H22ClN3O2. The van der Waals surface area contributed by atoms with Gasteiger partial charge in [-0.05, 0) is 43.7 Å². The third kappa shape index (κ3) is 4.55. The monoisotopic (exact) mass is 383 g/mol. The Morgan fingerprint density at radius 1 is 1.15 bits per heavy atom. The van der Waals surface area contributed by atoms with Crippen LogP contribution in [0.4, 0.5) is 0 Å². The lowest BCUT2D eigenvalue weighted by Gasteiger charge is -2.15. The van der Waals surface area contributed by atoms with Crippen LogP contribution < -0.4 is 5.32 Å². The van der Waals surface area contributed by atoms with Gasteiger partial charge < -0.3 is 9.88 Å². The maximum atomic E-state index is 12.2. The Labute approximate surface area is 163 Å². The molecule has 0 bridgehead atoms. The number of fused-ring (bicyclic) bond motifs is 1. The number of ketones is 1. The Bertz CT molecular complexity index is 963. The Hall–Kier alpha value is -2.66. The number of halogens is 1. The first-order valence-electron chi connectivity index (χ1n) is 8.93. The minimum atomic E-state index is -0.294. The van der Waals surface area contributed by atoms with Gasteiger partial charge in [0.1, 0.15) is 5.82 Å². The second-order valence-electron chi connectivity index (χ2n) is 6.58. The average Bonchev–Trinajstić information content (AvgIpc) is 3.01. The third-order valence-electron chi connectivity index (χ3n) is 4.59. The fourth-order valence-electron chi connectivity index (χ4n) is 3.05. The maximum absolute atomic E-state index is 12.2. The second-order valence-corrected chi connectivity index (χ2v) is 7.01. The number of para-hydroxylation sites is 2. The molecule has 1 heterocycles. The lowest BCUT2D eigenvalue weighted by molar-refractivity contribution is -0.121. The zero-order chi connectivity index (χ0) is 19.4. The van der Waals surface area contributed by atoms with Gasteiger partial charge in [-0.25, -0.2) is 4.98 Å². The van der Waals surface area contributed by atoms with Crippen molar-refractivity contribution in [1.82, 2.24) is 14.9 Å². The number of rotatable bonds is 7. The van der Waals surface area contributed by atoms with E-state index in [2.05, 4.69) is 10.3 Å². The van der Waals surface area contributed by atoms with Gasteiger partial charge in [0.05, 0.1) is 23.5 Å². The summed E-state index contributed by atoms with van der Waals surface area (Å²) >= 11 is 5.86. The largest absolute Gasteiger partial charge is 0.355 e. The van der Waals surface area contributed by atoms with Gasteiger partial charge in [-0.1, -0.05) is 35.9 Å². The number of hydrogen-bond acceptors (Lipinski definition) is 3. The zero-order valence-electron chi connectivity index (χ0n) is 15.4. The number of nitrogens with zero attached hydrogens (tertiary/aromatic N) is 2. The van der Waals surface area contributed by atoms with Crippen LogP contribution in [0.25, 0.3) is 11.0 Å². The summed E-state index contributed by atoms with van der Waals surface area (Å²) in [5, 5.41) is 3.57. The fraction of sp³-hybridized carbons (Fsp3) is 0.286. The molecule has 1 N–H and O–H groups in total. The molecule has 5 nitrogen and oxygen atoms in total. The number of amides is 1. The van der Waals surface area contributed by atoms with Gasteiger partial charge in [0.2, 0.25) is 5.91 Å². The number of hydrogen-bond donors (Lipinski definition) is 1. The Morgan fingerprint density at radius 2 is 1.85 bits per heavy atom. The van der Waals surface area contributed by atoms with Crippen molar-refractivity contribution in [1.29, 1.82) is 0 Å². The number of Topliss-reactive ketones (excluding diaryl/α,β-unsaturated/α-hetero) is 1. The molecule has 0 fully saturated rings. The highest BCUT2D eigenvalue weighted by Gasteiger charge is 2.18. The van der Waals surface area contributed by atoms with Gasteiger partial charge in [-0.2, -0.15) is 0 Å². The van der Waals surface area contributed by atoms with Crippen LogP contribution in [0.2, 0.25) is 5.02 Å².